The van der Waals surface area contributed by atoms with Crippen molar-refractivity contribution in [2.75, 3.05) is 13.1 Å². The largest absolute Gasteiger partial charge is 0.317 e. The second kappa shape index (κ2) is 36.0. The summed E-state index contributed by atoms with van der Waals surface area (Å²) < 4.78 is 0. The molecule has 1 heteroatoms. The fourth-order valence-corrected chi connectivity index (χ4v) is 5.72. The minimum Gasteiger partial charge on any atom is -0.317 e. The average Bonchev–Trinajstić information content (AvgIpc) is 2.91. The number of hydrogen-bond acceptors (Lipinski definition) is 1. The van der Waals surface area contributed by atoms with E-state index in [1.807, 2.05) is 0 Å². The van der Waals surface area contributed by atoms with Crippen molar-refractivity contribution in [2.45, 2.75) is 219 Å². The summed E-state index contributed by atoms with van der Waals surface area (Å²) in [5, 5.41) is 3.67. The quantitative estimate of drug-likeness (QED) is 0.0830. The average molecular weight is 522 g/mol. The molecular formula is C36H75N. The Morgan fingerprint density at radius 3 is 0.568 bits per heavy atom. The number of rotatable bonds is 34. The van der Waals surface area contributed by atoms with Crippen LogP contribution in [0.1, 0.15) is 219 Å². The van der Waals surface area contributed by atoms with Gasteiger partial charge < -0.3 is 5.32 Å². The van der Waals surface area contributed by atoms with Gasteiger partial charge in [0.15, 0.2) is 0 Å². The Kier molecular flexibility index (Phi) is 35.9. The summed E-state index contributed by atoms with van der Waals surface area (Å²) >= 11 is 0. The maximum atomic E-state index is 3.67. The number of nitrogens with one attached hydrogen (secondary N) is 1. The maximum absolute atomic E-state index is 3.67. The summed E-state index contributed by atoms with van der Waals surface area (Å²) in [6, 6.07) is 0. The van der Waals surface area contributed by atoms with Crippen molar-refractivity contribution in [3.8, 4) is 0 Å². The zero-order valence-electron chi connectivity index (χ0n) is 26.5. The smallest absolute Gasteiger partial charge is 0.00489 e. The highest BCUT2D eigenvalue weighted by molar-refractivity contribution is 4.54. The van der Waals surface area contributed by atoms with E-state index in [2.05, 4.69) is 19.2 Å². The van der Waals surface area contributed by atoms with E-state index in [9.17, 15) is 0 Å². The molecule has 0 aliphatic rings. The van der Waals surface area contributed by atoms with Gasteiger partial charge in [-0.25, -0.2) is 0 Å². The van der Waals surface area contributed by atoms with Crippen LogP contribution in [0.25, 0.3) is 0 Å². The molecule has 1 N–H and O–H groups in total. The molecule has 0 aliphatic carbocycles. The minimum absolute atomic E-state index is 1.25. The molecule has 0 amide bonds. The van der Waals surface area contributed by atoms with Crippen molar-refractivity contribution in [1.29, 1.82) is 0 Å². The van der Waals surface area contributed by atoms with E-state index >= 15 is 0 Å². The van der Waals surface area contributed by atoms with E-state index in [0.717, 1.165) is 0 Å². The Bertz CT molecular complexity index is 332. The lowest BCUT2D eigenvalue weighted by atomic mass is 10.0. The number of unbranched alkanes of at least 4 members (excludes halogenated alkanes) is 30. The van der Waals surface area contributed by atoms with E-state index in [-0.39, 0.29) is 0 Å². The lowest BCUT2D eigenvalue weighted by molar-refractivity contribution is 0.514. The van der Waals surface area contributed by atoms with Gasteiger partial charge in [0.25, 0.3) is 0 Å². The molecule has 0 heterocycles. The van der Waals surface area contributed by atoms with Crippen LogP contribution in [-0.4, -0.2) is 13.1 Å². The first-order valence-corrected chi connectivity index (χ1v) is 18.1. The van der Waals surface area contributed by atoms with Crippen molar-refractivity contribution < 1.29 is 0 Å². The van der Waals surface area contributed by atoms with Crippen LogP contribution < -0.4 is 5.32 Å². The maximum Gasteiger partial charge on any atom is -0.00489 e. The molecule has 0 spiro atoms. The van der Waals surface area contributed by atoms with E-state index < -0.39 is 0 Å². The fraction of sp³-hybridized carbons (Fsp3) is 1.00. The number of hydrogen-bond donors (Lipinski definition) is 1. The Morgan fingerprint density at radius 1 is 0.216 bits per heavy atom. The van der Waals surface area contributed by atoms with E-state index in [1.165, 1.54) is 219 Å². The molecule has 1 nitrogen and oxygen atoms in total. The molecule has 0 aromatic carbocycles. The monoisotopic (exact) mass is 522 g/mol. The van der Waals surface area contributed by atoms with Crippen LogP contribution in [-0.2, 0) is 0 Å². The van der Waals surface area contributed by atoms with Crippen molar-refractivity contribution >= 4 is 0 Å². The first-order valence-electron chi connectivity index (χ1n) is 18.1. The van der Waals surface area contributed by atoms with E-state index in [1.54, 1.807) is 0 Å². The van der Waals surface area contributed by atoms with Crippen LogP contribution >= 0.6 is 0 Å². The van der Waals surface area contributed by atoms with Gasteiger partial charge in [0.2, 0.25) is 0 Å². The molecule has 0 saturated carbocycles. The van der Waals surface area contributed by atoms with Crippen molar-refractivity contribution in [3.63, 3.8) is 0 Å². The molecule has 0 atom stereocenters. The zero-order chi connectivity index (χ0) is 26.7. The Morgan fingerprint density at radius 2 is 0.378 bits per heavy atom. The van der Waals surface area contributed by atoms with Crippen molar-refractivity contribution in [2.24, 2.45) is 0 Å². The molecule has 37 heavy (non-hydrogen) atoms. The summed E-state index contributed by atoms with van der Waals surface area (Å²) in [6.45, 7) is 7.10. The van der Waals surface area contributed by atoms with Crippen molar-refractivity contribution in [1.82, 2.24) is 5.32 Å². The standard InChI is InChI=1S/C36H75N/c1-3-5-7-9-11-13-15-16-17-18-19-20-21-22-23-24-25-26-28-30-32-34-36-37-35-33-31-29-27-14-12-10-8-6-4-2/h37H,3-36H2,1-2H3. The summed E-state index contributed by atoms with van der Waals surface area (Å²) in [5.41, 5.74) is 0. The molecule has 0 unspecified atom stereocenters. The second-order valence-electron chi connectivity index (χ2n) is 12.4. The highest BCUT2D eigenvalue weighted by atomic mass is 14.8. The van der Waals surface area contributed by atoms with Crippen LogP contribution in [0.4, 0.5) is 0 Å². The minimum atomic E-state index is 1.25. The highest BCUT2D eigenvalue weighted by Crippen LogP contribution is 2.15. The molecule has 0 rings (SSSR count). The first kappa shape index (κ1) is 37.0. The molecule has 0 radical (unpaired) electrons. The van der Waals surface area contributed by atoms with E-state index in [4.69, 9.17) is 0 Å². The van der Waals surface area contributed by atoms with Gasteiger partial charge in [0.05, 0.1) is 0 Å². The first-order chi connectivity index (χ1) is 18.4. The van der Waals surface area contributed by atoms with Crippen LogP contribution in [0.3, 0.4) is 0 Å². The molecule has 0 fully saturated rings. The molecule has 0 aliphatic heterocycles. The Hall–Kier alpha value is -0.0400. The van der Waals surface area contributed by atoms with Crippen LogP contribution in [0.2, 0.25) is 0 Å². The molecule has 0 saturated heterocycles. The van der Waals surface area contributed by atoms with Crippen LogP contribution in [0, 0.1) is 0 Å². The SMILES string of the molecule is CCCCCCCCCCCCCCCCCCCCCCCCNCCCCCCCCCCCC. The third-order valence-electron chi connectivity index (χ3n) is 8.41. The highest BCUT2D eigenvalue weighted by Gasteiger charge is 1.97. The Labute approximate surface area is 237 Å². The van der Waals surface area contributed by atoms with Crippen molar-refractivity contribution in [3.05, 3.63) is 0 Å². The second-order valence-corrected chi connectivity index (χ2v) is 12.4. The topological polar surface area (TPSA) is 12.0 Å². The molecule has 224 valence electrons. The van der Waals surface area contributed by atoms with Gasteiger partial charge in [0.1, 0.15) is 0 Å². The van der Waals surface area contributed by atoms with Gasteiger partial charge in [-0.2, -0.15) is 0 Å². The zero-order valence-corrected chi connectivity index (χ0v) is 26.5. The van der Waals surface area contributed by atoms with Crippen LogP contribution in [0.5, 0.6) is 0 Å². The van der Waals surface area contributed by atoms with Gasteiger partial charge in [0, 0.05) is 0 Å². The van der Waals surface area contributed by atoms with E-state index in [0.29, 0.717) is 0 Å². The van der Waals surface area contributed by atoms with Crippen LogP contribution in [0.15, 0.2) is 0 Å². The Balaban J connectivity index is 3.00. The molecular weight excluding hydrogens is 446 g/mol. The fourth-order valence-electron chi connectivity index (χ4n) is 5.72. The van der Waals surface area contributed by atoms with Gasteiger partial charge in [-0.05, 0) is 25.9 Å². The van der Waals surface area contributed by atoms with Gasteiger partial charge in [-0.15, -0.1) is 0 Å². The molecule has 0 bridgehead atoms. The lowest BCUT2D eigenvalue weighted by Gasteiger charge is -2.06. The third kappa shape index (κ3) is 36.0. The van der Waals surface area contributed by atoms with Gasteiger partial charge in [-0.3, -0.25) is 0 Å². The summed E-state index contributed by atoms with van der Waals surface area (Å²) in [4.78, 5) is 0. The summed E-state index contributed by atoms with van der Waals surface area (Å²) in [5.74, 6) is 0. The molecule has 0 aromatic heterocycles. The summed E-state index contributed by atoms with van der Waals surface area (Å²) in [6.07, 6.45) is 46.7. The van der Waals surface area contributed by atoms with Gasteiger partial charge >= 0.3 is 0 Å². The predicted molar refractivity (Wildman–Crippen MR) is 172 cm³/mol. The third-order valence-corrected chi connectivity index (χ3v) is 8.41. The predicted octanol–water partition coefficient (Wildman–Crippen LogP) is 13.1. The normalized spacial score (nSPS) is 11.5. The molecule has 0 aromatic rings. The lowest BCUT2D eigenvalue weighted by Crippen LogP contribution is -2.16. The van der Waals surface area contributed by atoms with Gasteiger partial charge in [-0.1, -0.05) is 206 Å². The summed E-state index contributed by atoms with van der Waals surface area (Å²) in [7, 11) is 0.